The molecule has 12 heteroatoms. The van der Waals surface area contributed by atoms with E-state index in [1.807, 2.05) is 0 Å². The number of ether oxygens (including phenoxy) is 2. The molecule has 11 nitrogen and oxygen atoms in total. The summed E-state index contributed by atoms with van der Waals surface area (Å²) in [6.45, 7) is 0.353. The second-order valence-electron chi connectivity index (χ2n) is 4.71. The van der Waals surface area contributed by atoms with Gasteiger partial charge < -0.3 is 29.2 Å². The average molecular weight is 347 g/mol. The largest absolute Gasteiger partial charge is 0.382 e. The van der Waals surface area contributed by atoms with Gasteiger partial charge in [0.05, 0.1) is 25.6 Å². The standard InChI is InChI=1S/C11H18N5O6P/c1-20-4-7(22-6-23(18,19)21-2)3-16-5-13-8-9(16)14-11(12)15-10(8)17/h5,7H,3-4,6H2,1-2H3,(H,18,19)(H3,12,14,15,17)/t7-/m1/s1. The predicted octanol–water partition coefficient (Wildman–Crippen LogP) is -0.477. The van der Waals surface area contributed by atoms with Gasteiger partial charge in [-0.25, -0.2) is 4.98 Å². The lowest BCUT2D eigenvalue weighted by molar-refractivity contribution is 0.00336. The van der Waals surface area contributed by atoms with E-state index >= 15 is 0 Å². The molecule has 0 aliphatic heterocycles. The van der Waals surface area contributed by atoms with Gasteiger partial charge in [0.15, 0.2) is 11.2 Å². The van der Waals surface area contributed by atoms with Crippen LogP contribution in [0.2, 0.25) is 0 Å². The zero-order valence-corrected chi connectivity index (χ0v) is 13.5. The maximum absolute atomic E-state index is 11.7. The molecule has 0 aliphatic carbocycles. The van der Waals surface area contributed by atoms with Gasteiger partial charge in [-0.3, -0.25) is 14.3 Å². The van der Waals surface area contributed by atoms with Crippen LogP contribution in [0.15, 0.2) is 11.1 Å². The molecule has 4 N–H and O–H groups in total. The zero-order chi connectivity index (χ0) is 17.0. The lowest BCUT2D eigenvalue weighted by Gasteiger charge is -2.19. The number of fused-ring (bicyclic) bond motifs is 1. The first-order valence-corrected chi connectivity index (χ1v) is 8.31. The summed E-state index contributed by atoms with van der Waals surface area (Å²) in [5.41, 5.74) is 5.50. The summed E-state index contributed by atoms with van der Waals surface area (Å²) in [7, 11) is -1.20. The number of aromatic nitrogens is 4. The smallest absolute Gasteiger partial charge is 0.353 e. The van der Waals surface area contributed by atoms with Crippen molar-refractivity contribution in [1.82, 2.24) is 19.5 Å². The summed E-state index contributed by atoms with van der Waals surface area (Å²) in [6.07, 6.45) is 0.350. The van der Waals surface area contributed by atoms with E-state index in [2.05, 4.69) is 19.5 Å². The highest BCUT2D eigenvalue weighted by Crippen LogP contribution is 2.40. The number of hydrogen-bond donors (Lipinski definition) is 3. The Morgan fingerprint density at radius 3 is 2.91 bits per heavy atom. The SMILES string of the molecule is COC[C@@H](Cn1cnc2c(=O)[nH]c(N)nc21)OCP(=O)(O)OC. The van der Waals surface area contributed by atoms with Crippen LogP contribution in [0.1, 0.15) is 0 Å². The molecule has 0 saturated carbocycles. The first kappa shape index (κ1) is 17.6. The van der Waals surface area contributed by atoms with E-state index in [1.54, 1.807) is 4.57 Å². The van der Waals surface area contributed by atoms with Crippen molar-refractivity contribution in [2.75, 3.05) is 32.9 Å². The average Bonchev–Trinajstić information content (AvgIpc) is 2.88. The fourth-order valence-corrected chi connectivity index (χ4v) is 2.42. The number of nitrogens with zero attached hydrogens (tertiary/aromatic N) is 3. The van der Waals surface area contributed by atoms with Crippen LogP contribution in [0.5, 0.6) is 0 Å². The molecule has 0 spiro atoms. The molecule has 2 atom stereocenters. The Morgan fingerprint density at radius 2 is 2.26 bits per heavy atom. The fraction of sp³-hybridized carbons (Fsp3) is 0.545. The van der Waals surface area contributed by atoms with E-state index in [0.29, 0.717) is 0 Å². The van der Waals surface area contributed by atoms with Gasteiger partial charge >= 0.3 is 7.60 Å². The molecular weight excluding hydrogens is 329 g/mol. The fourth-order valence-electron chi connectivity index (χ4n) is 1.92. The van der Waals surface area contributed by atoms with Gasteiger partial charge in [0.2, 0.25) is 5.95 Å². The first-order chi connectivity index (χ1) is 10.9. The Bertz CT molecular complexity index is 774. The summed E-state index contributed by atoms with van der Waals surface area (Å²) in [4.78, 5) is 31.5. The van der Waals surface area contributed by atoms with Gasteiger partial charge in [-0.15, -0.1) is 0 Å². The van der Waals surface area contributed by atoms with Crippen molar-refractivity contribution >= 4 is 24.7 Å². The monoisotopic (exact) mass is 347 g/mol. The van der Waals surface area contributed by atoms with Crippen LogP contribution in [0.4, 0.5) is 5.95 Å². The number of nitrogens with one attached hydrogen (secondary N) is 1. The maximum Gasteiger partial charge on any atom is 0.353 e. The molecule has 0 amide bonds. The van der Waals surface area contributed by atoms with E-state index in [4.69, 9.17) is 15.2 Å². The highest BCUT2D eigenvalue weighted by molar-refractivity contribution is 7.52. The van der Waals surface area contributed by atoms with Gasteiger partial charge in [-0.05, 0) is 0 Å². The third-order valence-electron chi connectivity index (χ3n) is 3.00. The highest BCUT2D eigenvalue weighted by Gasteiger charge is 2.22. The van der Waals surface area contributed by atoms with E-state index in [-0.39, 0.29) is 30.3 Å². The molecule has 0 radical (unpaired) electrons. The minimum atomic E-state index is -3.80. The Morgan fingerprint density at radius 1 is 1.52 bits per heavy atom. The first-order valence-electron chi connectivity index (χ1n) is 6.55. The Kier molecular flexibility index (Phi) is 5.50. The third-order valence-corrected chi connectivity index (χ3v) is 4.05. The van der Waals surface area contributed by atoms with Crippen molar-refractivity contribution in [3.63, 3.8) is 0 Å². The van der Waals surface area contributed by atoms with Gasteiger partial charge in [0.1, 0.15) is 6.35 Å². The minimum absolute atomic E-state index is 0.0345. The van der Waals surface area contributed by atoms with E-state index < -0.39 is 25.6 Å². The molecule has 2 rings (SSSR count). The lowest BCUT2D eigenvalue weighted by Crippen LogP contribution is -2.26. The van der Waals surface area contributed by atoms with Crippen LogP contribution in [0.25, 0.3) is 11.2 Å². The number of anilines is 1. The van der Waals surface area contributed by atoms with Crippen LogP contribution in [-0.2, 0) is 25.1 Å². The van der Waals surface area contributed by atoms with Crippen LogP contribution < -0.4 is 11.3 Å². The lowest BCUT2D eigenvalue weighted by atomic mass is 10.3. The molecule has 0 aromatic carbocycles. The minimum Gasteiger partial charge on any atom is -0.382 e. The second-order valence-corrected chi connectivity index (χ2v) is 6.61. The molecule has 2 aromatic rings. The van der Waals surface area contributed by atoms with Crippen molar-refractivity contribution in [3.05, 3.63) is 16.7 Å². The van der Waals surface area contributed by atoms with E-state index in [9.17, 15) is 14.3 Å². The predicted molar refractivity (Wildman–Crippen MR) is 81.0 cm³/mol. The summed E-state index contributed by atoms with van der Waals surface area (Å²) in [5, 5.41) is 0. The van der Waals surface area contributed by atoms with Crippen molar-refractivity contribution in [2.45, 2.75) is 12.6 Å². The van der Waals surface area contributed by atoms with Gasteiger partial charge in [-0.1, -0.05) is 0 Å². The van der Waals surface area contributed by atoms with Crippen molar-refractivity contribution in [3.8, 4) is 0 Å². The molecule has 0 saturated heterocycles. The van der Waals surface area contributed by atoms with Gasteiger partial charge in [0, 0.05) is 14.2 Å². The summed E-state index contributed by atoms with van der Waals surface area (Å²) < 4.78 is 27.9. The van der Waals surface area contributed by atoms with E-state index in [1.165, 1.54) is 13.4 Å². The van der Waals surface area contributed by atoms with Gasteiger partial charge in [-0.2, -0.15) is 4.98 Å². The topological polar surface area (TPSA) is 155 Å². The Hall–Kier alpha value is -1.78. The number of imidazole rings is 1. The van der Waals surface area contributed by atoms with E-state index in [0.717, 1.165) is 7.11 Å². The summed E-state index contributed by atoms with van der Waals surface area (Å²) >= 11 is 0. The Labute approximate surface area is 130 Å². The number of aromatic amines is 1. The third kappa shape index (κ3) is 4.36. The van der Waals surface area contributed by atoms with Crippen molar-refractivity contribution in [1.29, 1.82) is 0 Å². The molecule has 0 fully saturated rings. The number of nitrogen functional groups attached to an aromatic ring is 1. The van der Waals surface area contributed by atoms with Crippen molar-refractivity contribution < 1.29 is 23.5 Å². The zero-order valence-electron chi connectivity index (χ0n) is 12.6. The molecule has 1 unspecified atom stereocenters. The highest BCUT2D eigenvalue weighted by atomic mass is 31.2. The number of hydrogen-bond acceptors (Lipinski definition) is 8. The quantitative estimate of drug-likeness (QED) is 0.537. The molecular formula is C11H18N5O6P. The number of H-pyrrole nitrogens is 1. The van der Waals surface area contributed by atoms with Crippen LogP contribution in [0.3, 0.4) is 0 Å². The molecule has 0 bridgehead atoms. The summed E-state index contributed by atoms with van der Waals surface area (Å²) in [6, 6.07) is 0. The number of methoxy groups -OCH3 is 1. The Balaban J connectivity index is 2.20. The van der Waals surface area contributed by atoms with Crippen LogP contribution in [-0.4, -0.2) is 57.7 Å². The maximum atomic E-state index is 11.7. The van der Waals surface area contributed by atoms with Crippen LogP contribution >= 0.6 is 7.60 Å². The normalized spacial score (nSPS) is 15.6. The number of rotatable bonds is 8. The van der Waals surface area contributed by atoms with Crippen LogP contribution in [0, 0.1) is 0 Å². The molecule has 2 heterocycles. The summed E-state index contributed by atoms with van der Waals surface area (Å²) in [5.74, 6) is -0.0345. The van der Waals surface area contributed by atoms with Crippen molar-refractivity contribution in [2.24, 2.45) is 0 Å². The molecule has 128 valence electrons. The molecule has 0 aliphatic rings. The second kappa shape index (κ2) is 7.20. The molecule has 23 heavy (non-hydrogen) atoms. The molecule has 2 aromatic heterocycles. The van der Waals surface area contributed by atoms with Gasteiger partial charge in [0.25, 0.3) is 5.56 Å². The number of nitrogens with two attached hydrogens (primary N) is 1.